The van der Waals surface area contributed by atoms with Crippen molar-refractivity contribution in [1.29, 1.82) is 0 Å². The molecule has 2 aromatic rings. The van der Waals surface area contributed by atoms with Gasteiger partial charge < -0.3 is 9.73 Å². The Morgan fingerprint density at radius 2 is 2.29 bits per heavy atom. The molecule has 0 aliphatic heterocycles. The molecule has 0 unspecified atom stereocenters. The Hall–Kier alpha value is -2.28. The van der Waals surface area contributed by atoms with E-state index in [0.717, 1.165) is 11.5 Å². The van der Waals surface area contributed by atoms with Crippen molar-refractivity contribution in [3.05, 3.63) is 35.9 Å². The third kappa shape index (κ3) is 3.85. The fraction of sp³-hybridized carbons (Fsp3) is 0.429. The number of hydrogen-bond donors (Lipinski definition) is 2. The average molecular weight is 291 g/mol. The summed E-state index contributed by atoms with van der Waals surface area (Å²) in [6.45, 7) is 2.32. The second kappa shape index (κ2) is 6.45. The van der Waals surface area contributed by atoms with E-state index in [9.17, 15) is 4.79 Å². The molecule has 0 radical (unpaired) electrons. The van der Waals surface area contributed by atoms with E-state index in [4.69, 9.17) is 4.42 Å². The van der Waals surface area contributed by atoms with Gasteiger partial charge in [0.2, 0.25) is 0 Å². The van der Waals surface area contributed by atoms with Crippen LogP contribution < -0.4 is 10.6 Å². The Morgan fingerprint density at radius 3 is 2.81 bits per heavy atom. The standard InChI is InChI=1S/C14H21N5O2/c1-10-8-13(19(4)17-10)16-14(20)15-9-11(18(2)3)12-6-5-7-21-12/h5-8,11H,9H2,1-4H3,(H2,15,16,20)/t11-/m0/s1. The number of carbonyl (C=O) groups is 1. The number of amides is 2. The molecule has 114 valence electrons. The number of carbonyl (C=O) groups excluding carboxylic acids is 1. The van der Waals surface area contributed by atoms with Gasteiger partial charge in [-0.05, 0) is 33.2 Å². The number of rotatable bonds is 5. The minimum Gasteiger partial charge on any atom is -0.468 e. The largest absolute Gasteiger partial charge is 0.468 e. The van der Waals surface area contributed by atoms with Crippen molar-refractivity contribution in [2.75, 3.05) is 26.0 Å². The number of hydrogen-bond acceptors (Lipinski definition) is 4. The van der Waals surface area contributed by atoms with Crippen LogP contribution >= 0.6 is 0 Å². The van der Waals surface area contributed by atoms with E-state index in [1.807, 2.05) is 44.1 Å². The summed E-state index contributed by atoms with van der Waals surface area (Å²) in [5, 5.41) is 9.80. The van der Waals surface area contributed by atoms with E-state index in [1.54, 1.807) is 18.0 Å². The highest BCUT2D eigenvalue weighted by Crippen LogP contribution is 2.17. The van der Waals surface area contributed by atoms with Crippen LogP contribution in [0.5, 0.6) is 0 Å². The SMILES string of the molecule is Cc1cc(NC(=O)NC[C@@H](c2ccco2)N(C)C)n(C)n1. The quantitative estimate of drug-likeness (QED) is 0.880. The van der Waals surface area contributed by atoms with Gasteiger partial charge in [-0.3, -0.25) is 14.9 Å². The zero-order valence-corrected chi connectivity index (χ0v) is 12.8. The van der Waals surface area contributed by atoms with Crippen LogP contribution in [0.3, 0.4) is 0 Å². The molecule has 0 aliphatic rings. The van der Waals surface area contributed by atoms with Crippen LogP contribution in [-0.4, -0.2) is 41.4 Å². The normalized spacial score (nSPS) is 12.4. The molecule has 0 saturated carbocycles. The summed E-state index contributed by atoms with van der Waals surface area (Å²) < 4.78 is 7.03. The summed E-state index contributed by atoms with van der Waals surface area (Å²) in [6.07, 6.45) is 1.63. The number of urea groups is 1. The fourth-order valence-corrected chi connectivity index (χ4v) is 2.10. The number of anilines is 1. The highest BCUT2D eigenvalue weighted by Gasteiger charge is 2.18. The van der Waals surface area contributed by atoms with E-state index in [0.29, 0.717) is 12.4 Å². The average Bonchev–Trinajstić information content (AvgIpc) is 3.00. The zero-order valence-electron chi connectivity index (χ0n) is 12.8. The Bertz CT molecular complexity index is 589. The van der Waals surface area contributed by atoms with Crippen LogP contribution in [0, 0.1) is 6.92 Å². The molecule has 2 rings (SSSR count). The van der Waals surface area contributed by atoms with Gasteiger partial charge in [0.1, 0.15) is 11.6 Å². The first-order chi connectivity index (χ1) is 9.97. The Kier molecular flexibility index (Phi) is 4.64. The lowest BCUT2D eigenvalue weighted by Crippen LogP contribution is -2.37. The molecule has 0 aliphatic carbocycles. The molecule has 2 aromatic heterocycles. The number of nitrogens with one attached hydrogen (secondary N) is 2. The molecule has 2 N–H and O–H groups in total. The maximum atomic E-state index is 12.0. The molecular weight excluding hydrogens is 270 g/mol. The predicted octanol–water partition coefficient (Wildman–Crippen LogP) is 1.75. The van der Waals surface area contributed by atoms with Crippen molar-refractivity contribution in [2.45, 2.75) is 13.0 Å². The van der Waals surface area contributed by atoms with Crippen molar-refractivity contribution < 1.29 is 9.21 Å². The summed E-state index contributed by atoms with van der Waals surface area (Å²) in [5.41, 5.74) is 0.856. The van der Waals surface area contributed by atoms with E-state index < -0.39 is 0 Å². The highest BCUT2D eigenvalue weighted by atomic mass is 16.3. The van der Waals surface area contributed by atoms with Crippen molar-refractivity contribution >= 4 is 11.8 Å². The molecule has 7 nitrogen and oxygen atoms in total. The topological polar surface area (TPSA) is 75.3 Å². The summed E-state index contributed by atoms with van der Waals surface area (Å²) in [6, 6.07) is 5.27. The lowest BCUT2D eigenvalue weighted by atomic mass is 10.2. The monoisotopic (exact) mass is 291 g/mol. The van der Waals surface area contributed by atoms with E-state index in [-0.39, 0.29) is 12.1 Å². The minimum absolute atomic E-state index is 0.0148. The Balaban J connectivity index is 1.92. The summed E-state index contributed by atoms with van der Waals surface area (Å²) in [7, 11) is 5.67. The van der Waals surface area contributed by atoms with Crippen LogP contribution in [0.4, 0.5) is 10.6 Å². The van der Waals surface area contributed by atoms with Gasteiger partial charge in [0, 0.05) is 19.7 Å². The molecule has 0 fully saturated rings. The lowest BCUT2D eigenvalue weighted by Gasteiger charge is -2.22. The number of aromatic nitrogens is 2. The molecular formula is C14H21N5O2. The molecule has 1 atom stereocenters. The second-order valence-corrected chi connectivity index (χ2v) is 5.12. The lowest BCUT2D eigenvalue weighted by molar-refractivity contribution is 0.233. The van der Waals surface area contributed by atoms with Gasteiger partial charge in [-0.2, -0.15) is 5.10 Å². The van der Waals surface area contributed by atoms with Crippen molar-refractivity contribution in [2.24, 2.45) is 7.05 Å². The number of nitrogens with zero attached hydrogens (tertiary/aromatic N) is 3. The van der Waals surface area contributed by atoms with Gasteiger partial charge in [0.15, 0.2) is 0 Å². The molecule has 0 bridgehead atoms. The Morgan fingerprint density at radius 1 is 1.52 bits per heavy atom. The van der Waals surface area contributed by atoms with Gasteiger partial charge in [-0.25, -0.2) is 4.79 Å². The zero-order chi connectivity index (χ0) is 15.4. The van der Waals surface area contributed by atoms with E-state index in [2.05, 4.69) is 15.7 Å². The smallest absolute Gasteiger partial charge is 0.320 e. The van der Waals surface area contributed by atoms with Gasteiger partial charge >= 0.3 is 6.03 Å². The first kappa shape index (κ1) is 15.1. The molecule has 0 spiro atoms. The molecule has 2 heterocycles. The molecule has 0 saturated heterocycles. The first-order valence-corrected chi connectivity index (χ1v) is 6.72. The van der Waals surface area contributed by atoms with E-state index >= 15 is 0 Å². The number of aryl methyl sites for hydroxylation is 2. The molecule has 7 heteroatoms. The third-order valence-electron chi connectivity index (χ3n) is 3.19. The van der Waals surface area contributed by atoms with Crippen molar-refractivity contribution in [3.63, 3.8) is 0 Å². The van der Waals surface area contributed by atoms with Crippen LogP contribution in [0.1, 0.15) is 17.5 Å². The third-order valence-corrected chi connectivity index (χ3v) is 3.19. The minimum atomic E-state index is -0.267. The second-order valence-electron chi connectivity index (χ2n) is 5.12. The van der Waals surface area contributed by atoms with Gasteiger partial charge in [-0.1, -0.05) is 0 Å². The summed E-state index contributed by atoms with van der Waals surface area (Å²) >= 11 is 0. The predicted molar refractivity (Wildman–Crippen MR) is 80.1 cm³/mol. The highest BCUT2D eigenvalue weighted by molar-refractivity contribution is 5.88. The Labute approximate surface area is 123 Å². The first-order valence-electron chi connectivity index (χ1n) is 6.72. The van der Waals surface area contributed by atoms with Crippen molar-refractivity contribution in [3.8, 4) is 0 Å². The molecule has 2 amide bonds. The number of likely N-dealkylation sites (N-methyl/N-ethyl adjacent to an activating group) is 1. The summed E-state index contributed by atoms with van der Waals surface area (Å²) in [5.74, 6) is 1.47. The molecule has 0 aromatic carbocycles. The number of furan rings is 1. The summed E-state index contributed by atoms with van der Waals surface area (Å²) in [4.78, 5) is 14.0. The fourth-order valence-electron chi connectivity index (χ4n) is 2.10. The van der Waals surface area contributed by atoms with Gasteiger partial charge in [-0.15, -0.1) is 0 Å². The van der Waals surface area contributed by atoms with Crippen LogP contribution in [0.15, 0.2) is 28.9 Å². The maximum Gasteiger partial charge on any atom is 0.320 e. The van der Waals surface area contributed by atoms with Gasteiger partial charge in [0.25, 0.3) is 0 Å². The maximum absolute atomic E-state index is 12.0. The van der Waals surface area contributed by atoms with Crippen LogP contribution in [0.25, 0.3) is 0 Å². The van der Waals surface area contributed by atoms with Crippen LogP contribution in [-0.2, 0) is 7.05 Å². The molecule has 21 heavy (non-hydrogen) atoms. The van der Waals surface area contributed by atoms with Gasteiger partial charge in [0.05, 0.1) is 18.0 Å². The van der Waals surface area contributed by atoms with E-state index in [1.165, 1.54) is 0 Å². The van der Waals surface area contributed by atoms with Crippen LogP contribution in [0.2, 0.25) is 0 Å². The van der Waals surface area contributed by atoms with Crippen molar-refractivity contribution in [1.82, 2.24) is 20.0 Å².